The molecule has 1 saturated heterocycles. The lowest BCUT2D eigenvalue weighted by Crippen LogP contribution is -2.30. The largest absolute Gasteiger partial charge is 0.330 e. The molecule has 0 aromatic heterocycles. The Hall–Kier alpha value is -0.280. The van der Waals surface area contributed by atoms with Crippen LogP contribution in [0.15, 0.2) is 21.5 Å². The fourth-order valence-electron chi connectivity index (χ4n) is 2.05. The number of hydrogen-bond donors (Lipinski definition) is 1. The summed E-state index contributed by atoms with van der Waals surface area (Å²) in [5, 5.41) is 0. The normalized spacial score (nSPS) is 19.9. The van der Waals surface area contributed by atoms with E-state index in [1.165, 1.54) is 0 Å². The minimum absolute atomic E-state index is 0. The zero-order chi connectivity index (χ0) is 14.2. The van der Waals surface area contributed by atoms with Gasteiger partial charge in [0.1, 0.15) is 16.5 Å². The Morgan fingerprint density at radius 2 is 2.00 bits per heavy atom. The van der Waals surface area contributed by atoms with Crippen molar-refractivity contribution < 1.29 is 17.2 Å². The highest BCUT2D eigenvalue weighted by Crippen LogP contribution is 2.28. The second kappa shape index (κ2) is 6.65. The number of benzene rings is 1. The van der Waals surface area contributed by atoms with Crippen LogP contribution in [0.25, 0.3) is 0 Å². The molecule has 0 spiro atoms. The molecule has 1 aliphatic heterocycles. The predicted molar refractivity (Wildman–Crippen MR) is 77.2 cm³/mol. The number of nitrogens with zero attached hydrogens (tertiary/aromatic N) is 1. The summed E-state index contributed by atoms with van der Waals surface area (Å²) in [5.41, 5.74) is 5.49. The first-order valence-electron chi connectivity index (χ1n) is 5.71. The fraction of sp³-hybridized carbons (Fsp3) is 0.455. The molecule has 1 atom stereocenters. The molecule has 20 heavy (non-hydrogen) atoms. The first-order valence-corrected chi connectivity index (χ1v) is 7.94. The third-order valence-electron chi connectivity index (χ3n) is 3.17. The van der Waals surface area contributed by atoms with Gasteiger partial charge >= 0.3 is 0 Å². The number of sulfonamides is 1. The van der Waals surface area contributed by atoms with E-state index in [4.69, 9.17) is 5.73 Å². The van der Waals surface area contributed by atoms with Crippen LogP contribution in [0.1, 0.15) is 6.42 Å². The maximum atomic E-state index is 13.7. The van der Waals surface area contributed by atoms with E-state index in [0.717, 1.165) is 10.4 Å². The van der Waals surface area contributed by atoms with Gasteiger partial charge in [-0.3, -0.25) is 0 Å². The molecule has 0 aliphatic carbocycles. The molecular weight excluding hydrogens is 378 g/mol. The third kappa shape index (κ3) is 3.30. The molecule has 1 aromatic carbocycles. The summed E-state index contributed by atoms with van der Waals surface area (Å²) in [6.07, 6.45) is 0.635. The van der Waals surface area contributed by atoms with Crippen LogP contribution in [0.4, 0.5) is 8.78 Å². The Morgan fingerprint density at radius 1 is 1.35 bits per heavy atom. The van der Waals surface area contributed by atoms with Gasteiger partial charge in [0.25, 0.3) is 0 Å². The van der Waals surface area contributed by atoms with E-state index >= 15 is 0 Å². The highest BCUT2D eigenvalue weighted by atomic mass is 79.9. The van der Waals surface area contributed by atoms with Crippen LogP contribution in [-0.4, -0.2) is 32.4 Å². The molecule has 0 bridgehead atoms. The van der Waals surface area contributed by atoms with E-state index in [-0.39, 0.29) is 35.9 Å². The van der Waals surface area contributed by atoms with Gasteiger partial charge in [-0.15, -0.1) is 12.4 Å². The monoisotopic (exact) mass is 390 g/mol. The molecule has 0 radical (unpaired) electrons. The number of rotatable bonds is 3. The quantitative estimate of drug-likeness (QED) is 0.803. The van der Waals surface area contributed by atoms with Crippen molar-refractivity contribution in [1.29, 1.82) is 0 Å². The van der Waals surface area contributed by atoms with E-state index in [9.17, 15) is 17.2 Å². The highest BCUT2D eigenvalue weighted by Gasteiger charge is 2.34. The van der Waals surface area contributed by atoms with Crippen LogP contribution in [0.2, 0.25) is 0 Å². The van der Waals surface area contributed by atoms with Gasteiger partial charge in [-0.05, 0) is 46.9 Å². The number of halogens is 4. The van der Waals surface area contributed by atoms with Crippen LogP contribution in [-0.2, 0) is 10.0 Å². The second-order valence-corrected chi connectivity index (χ2v) is 7.21. The molecule has 114 valence electrons. The average molecular weight is 392 g/mol. The highest BCUT2D eigenvalue weighted by molar-refractivity contribution is 9.10. The molecule has 0 amide bonds. The van der Waals surface area contributed by atoms with Gasteiger partial charge in [0.2, 0.25) is 10.0 Å². The predicted octanol–water partition coefficient (Wildman–Crippen LogP) is 2.12. The maximum Gasteiger partial charge on any atom is 0.246 e. The lowest BCUT2D eigenvalue weighted by Gasteiger charge is -2.17. The van der Waals surface area contributed by atoms with Crippen LogP contribution in [0, 0.1) is 17.6 Å². The van der Waals surface area contributed by atoms with Gasteiger partial charge in [-0.2, -0.15) is 4.31 Å². The van der Waals surface area contributed by atoms with E-state index in [2.05, 4.69) is 15.9 Å². The van der Waals surface area contributed by atoms with Crippen LogP contribution < -0.4 is 5.73 Å². The van der Waals surface area contributed by atoms with E-state index in [1.54, 1.807) is 0 Å². The smallest absolute Gasteiger partial charge is 0.246 e. The van der Waals surface area contributed by atoms with Crippen molar-refractivity contribution in [3.05, 3.63) is 28.2 Å². The Kier molecular flexibility index (Phi) is 5.91. The van der Waals surface area contributed by atoms with Crippen molar-refractivity contribution in [2.24, 2.45) is 11.7 Å². The molecule has 1 heterocycles. The minimum atomic E-state index is -4.01. The van der Waals surface area contributed by atoms with Crippen molar-refractivity contribution in [2.75, 3.05) is 19.6 Å². The first-order chi connectivity index (χ1) is 8.86. The molecular formula is C11H14BrClF2N2O2S. The van der Waals surface area contributed by atoms with Crippen LogP contribution >= 0.6 is 28.3 Å². The van der Waals surface area contributed by atoms with Crippen molar-refractivity contribution in [1.82, 2.24) is 4.31 Å². The van der Waals surface area contributed by atoms with Crippen LogP contribution in [0.5, 0.6) is 0 Å². The summed E-state index contributed by atoms with van der Waals surface area (Å²) < 4.78 is 52.7. The Balaban J connectivity index is 0.00000200. The lowest BCUT2D eigenvalue weighted by molar-refractivity contribution is 0.451. The van der Waals surface area contributed by atoms with Crippen molar-refractivity contribution in [2.45, 2.75) is 11.3 Å². The molecule has 2 N–H and O–H groups in total. The Labute approximate surface area is 130 Å². The van der Waals surface area contributed by atoms with Crippen molar-refractivity contribution in [3.63, 3.8) is 0 Å². The topological polar surface area (TPSA) is 63.4 Å². The van der Waals surface area contributed by atoms with E-state index in [0.29, 0.717) is 19.0 Å². The average Bonchev–Trinajstić information content (AvgIpc) is 2.83. The Bertz CT molecular complexity index is 600. The van der Waals surface area contributed by atoms with Crippen molar-refractivity contribution in [3.8, 4) is 0 Å². The second-order valence-electron chi connectivity index (χ2n) is 4.45. The molecule has 1 aromatic rings. The molecule has 2 rings (SSSR count). The lowest BCUT2D eigenvalue weighted by atomic mass is 10.1. The molecule has 9 heteroatoms. The maximum absolute atomic E-state index is 13.7. The summed E-state index contributed by atoms with van der Waals surface area (Å²) in [4.78, 5) is -0.633. The van der Waals surface area contributed by atoms with Crippen LogP contribution in [0.3, 0.4) is 0 Å². The molecule has 0 saturated carbocycles. The summed E-state index contributed by atoms with van der Waals surface area (Å²) in [6.45, 7) is 0.903. The zero-order valence-electron chi connectivity index (χ0n) is 10.4. The number of hydrogen-bond acceptors (Lipinski definition) is 3. The van der Waals surface area contributed by atoms with E-state index < -0.39 is 26.6 Å². The third-order valence-corrected chi connectivity index (χ3v) is 5.66. The zero-order valence-corrected chi connectivity index (χ0v) is 13.6. The summed E-state index contributed by atoms with van der Waals surface area (Å²) in [5.74, 6) is -1.71. The summed E-state index contributed by atoms with van der Waals surface area (Å²) >= 11 is 2.81. The fourth-order valence-corrected chi connectivity index (χ4v) is 3.95. The van der Waals surface area contributed by atoms with E-state index in [1.807, 2.05) is 0 Å². The molecule has 4 nitrogen and oxygen atoms in total. The summed E-state index contributed by atoms with van der Waals surface area (Å²) in [6, 6.07) is 1.52. The van der Waals surface area contributed by atoms with Gasteiger partial charge in [0, 0.05) is 13.1 Å². The molecule has 1 unspecified atom stereocenters. The number of nitrogens with two attached hydrogens (primary N) is 1. The standard InChI is InChI=1S/C11H13BrF2N2O2S.ClH/c12-8-3-10(14)11(4-9(8)13)19(17,18)16-2-1-7(5-15)6-16;/h3-4,7H,1-2,5-6,15H2;1H. The SMILES string of the molecule is Cl.NCC1CCN(S(=O)(=O)c2cc(F)c(Br)cc2F)C1. The first kappa shape index (κ1) is 17.8. The van der Waals surface area contributed by atoms with Gasteiger partial charge in [0.15, 0.2) is 0 Å². The van der Waals surface area contributed by atoms with Gasteiger partial charge < -0.3 is 5.73 Å². The van der Waals surface area contributed by atoms with Gasteiger partial charge in [0.05, 0.1) is 4.47 Å². The minimum Gasteiger partial charge on any atom is -0.330 e. The Morgan fingerprint density at radius 3 is 2.55 bits per heavy atom. The molecule has 1 aliphatic rings. The van der Waals surface area contributed by atoms with Gasteiger partial charge in [-0.1, -0.05) is 0 Å². The van der Waals surface area contributed by atoms with Crippen molar-refractivity contribution >= 4 is 38.4 Å². The van der Waals surface area contributed by atoms with Gasteiger partial charge in [-0.25, -0.2) is 17.2 Å². The molecule has 1 fully saturated rings. The summed E-state index contributed by atoms with van der Waals surface area (Å²) in [7, 11) is -4.01.